The van der Waals surface area contributed by atoms with Gasteiger partial charge in [0.1, 0.15) is 0 Å². The van der Waals surface area contributed by atoms with Crippen LogP contribution in [-0.2, 0) is 0 Å². The third-order valence-corrected chi connectivity index (χ3v) is 4.38. The van der Waals surface area contributed by atoms with E-state index in [1.54, 1.807) is 0 Å². The minimum atomic E-state index is 0.749. The van der Waals surface area contributed by atoms with Crippen LogP contribution in [0.1, 0.15) is 60.3 Å². The van der Waals surface area contributed by atoms with Gasteiger partial charge in [0, 0.05) is 18.6 Å². The maximum absolute atomic E-state index is 3.70. The van der Waals surface area contributed by atoms with Gasteiger partial charge < -0.3 is 10.2 Å². The molecule has 18 heavy (non-hydrogen) atoms. The molecule has 0 bridgehead atoms. The van der Waals surface area contributed by atoms with Gasteiger partial charge in [-0.2, -0.15) is 0 Å². The Balaban J connectivity index is 2.30. The molecule has 1 N–H and O–H groups in total. The second kappa shape index (κ2) is 8.16. The fourth-order valence-electron chi connectivity index (χ4n) is 2.97. The summed E-state index contributed by atoms with van der Waals surface area (Å²) in [6.45, 7) is 15.5. The van der Waals surface area contributed by atoms with Crippen molar-refractivity contribution in [2.24, 2.45) is 11.8 Å². The van der Waals surface area contributed by atoms with Gasteiger partial charge in [0.05, 0.1) is 0 Å². The minimum Gasteiger partial charge on any atom is -0.314 e. The zero-order valence-corrected chi connectivity index (χ0v) is 13.2. The van der Waals surface area contributed by atoms with Crippen LogP contribution in [0.15, 0.2) is 0 Å². The summed E-state index contributed by atoms with van der Waals surface area (Å²) in [6.07, 6.45) is 5.30. The Labute approximate surface area is 115 Å². The maximum Gasteiger partial charge on any atom is 0.0117 e. The molecular formula is C16H34N2. The fourth-order valence-corrected chi connectivity index (χ4v) is 2.97. The number of hydrogen-bond donors (Lipinski definition) is 1. The molecule has 1 rings (SSSR count). The lowest BCUT2D eigenvalue weighted by molar-refractivity contribution is 0.104. The van der Waals surface area contributed by atoms with E-state index in [-0.39, 0.29) is 0 Å². The second-order valence-corrected chi connectivity index (χ2v) is 6.64. The Bertz CT molecular complexity index is 215. The molecule has 0 aromatic heterocycles. The van der Waals surface area contributed by atoms with E-state index in [4.69, 9.17) is 0 Å². The van der Waals surface area contributed by atoms with Gasteiger partial charge in [0.2, 0.25) is 0 Å². The number of nitrogens with one attached hydrogen (secondary N) is 1. The lowest BCUT2D eigenvalue weighted by Gasteiger charge is -2.40. The summed E-state index contributed by atoms with van der Waals surface area (Å²) in [4.78, 5) is 2.71. The maximum atomic E-state index is 3.70. The van der Waals surface area contributed by atoms with Crippen LogP contribution in [0.5, 0.6) is 0 Å². The average molecular weight is 254 g/mol. The van der Waals surface area contributed by atoms with Crippen LogP contribution in [0.25, 0.3) is 0 Å². The fraction of sp³-hybridized carbons (Fsp3) is 1.00. The summed E-state index contributed by atoms with van der Waals surface area (Å²) < 4.78 is 0. The smallest absolute Gasteiger partial charge is 0.0117 e. The third-order valence-electron chi connectivity index (χ3n) is 4.38. The molecule has 108 valence electrons. The molecular weight excluding hydrogens is 220 g/mol. The molecule has 3 unspecified atom stereocenters. The highest BCUT2D eigenvalue weighted by Crippen LogP contribution is 2.21. The number of piperidine rings is 1. The summed E-state index contributed by atoms with van der Waals surface area (Å²) in [5.41, 5.74) is 0. The Kier molecular flexibility index (Phi) is 7.25. The molecule has 2 heteroatoms. The van der Waals surface area contributed by atoms with Gasteiger partial charge in [-0.25, -0.2) is 0 Å². The van der Waals surface area contributed by atoms with Crippen molar-refractivity contribution in [2.45, 2.75) is 72.4 Å². The van der Waals surface area contributed by atoms with Crippen LogP contribution in [-0.4, -0.2) is 36.6 Å². The normalized spacial score (nSPS) is 27.7. The van der Waals surface area contributed by atoms with Gasteiger partial charge in [-0.15, -0.1) is 0 Å². The number of nitrogens with zero attached hydrogens (tertiary/aromatic N) is 1. The highest BCUT2D eigenvalue weighted by Gasteiger charge is 2.27. The summed E-state index contributed by atoms with van der Waals surface area (Å²) in [7, 11) is 0. The van der Waals surface area contributed by atoms with Crippen molar-refractivity contribution in [3.05, 3.63) is 0 Å². The highest BCUT2D eigenvalue weighted by molar-refractivity contribution is 4.84. The van der Waals surface area contributed by atoms with Crippen molar-refractivity contribution >= 4 is 0 Å². The lowest BCUT2D eigenvalue weighted by atomic mass is 9.91. The van der Waals surface area contributed by atoms with E-state index in [0.717, 1.165) is 23.9 Å². The van der Waals surface area contributed by atoms with Crippen molar-refractivity contribution in [2.75, 3.05) is 19.6 Å². The number of rotatable bonds is 7. The summed E-state index contributed by atoms with van der Waals surface area (Å²) in [6, 6.07) is 1.51. The van der Waals surface area contributed by atoms with E-state index in [9.17, 15) is 0 Å². The molecule has 1 aliphatic rings. The number of likely N-dealkylation sites (tertiary alicyclic amines) is 1. The summed E-state index contributed by atoms with van der Waals surface area (Å²) >= 11 is 0. The standard InChI is InChI=1S/C16H34N2/c1-6-10-17-16-9-11-18(12-14(16)4)15(5)8-7-13(2)3/h13-17H,6-12H2,1-5H3. The third kappa shape index (κ3) is 5.27. The first-order valence-electron chi connectivity index (χ1n) is 8.02. The molecule has 0 radical (unpaired) electrons. The molecule has 1 saturated heterocycles. The van der Waals surface area contributed by atoms with Gasteiger partial charge in [-0.05, 0) is 57.5 Å². The average Bonchev–Trinajstić information content (AvgIpc) is 2.34. The molecule has 1 heterocycles. The van der Waals surface area contributed by atoms with E-state index in [1.165, 1.54) is 45.3 Å². The first-order valence-corrected chi connectivity index (χ1v) is 8.02. The Hall–Kier alpha value is -0.0800. The van der Waals surface area contributed by atoms with Crippen LogP contribution in [0.4, 0.5) is 0 Å². The molecule has 0 saturated carbocycles. The molecule has 2 nitrogen and oxygen atoms in total. The molecule has 1 aliphatic heterocycles. The first kappa shape index (κ1) is 16.0. The molecule has 0 aliphatic carbocycles. The van der Waals surface area contributed by atoms with E-state index >= 15 is 0 Å². The van der Waals surface area contributed by atoms with Crippen LogP contribution < -0.4 is 5.32 Å². The largest absolute Gasteiger partial charge is 0.314 e. The van der Waals surface area contributed by atoms with Crippen LogP contribution in [0.2, 0.25) is 0 Å². The van der Waals surface area contributed by atoms with Crippen molar-refractivity contribution in [3.63, 3.8) is 0 Å². The van der Waals surface area contributed by atoms with Gasteiger partial charge in [-0.3, -0.25) is 0 Å². The monoisotopic (exact) mass is 254 g/mol. The molecule has 1 fully saturated rings. The van der Waals surface area contributed by atoms with Gasteiger partial charge >= 0.3 is 0 Å². The van der Waals surface area contributed by atoms with Crippen molar-refractivity contribution in [3.8, 4) is 0 Å². The van der Waals surface area contributed by atoms with E-state index in [2.05, 4.69) is 44.8 Å². The van der Waals surface area contributed by atoms with Crippen LogP contribution in [0, 0.1) is 11.8 Å². The molecule has 0 amide bonds. The van der Waals surface area contributed by atoms with Crippen LogP contribution in [0.3, 0.4) is 0 Å². The highest BCUT2D eigenvalue weighted by atomic mass is 15.2. The Morgan fingerprint density at radius 1 is 1.22 bits per heavy atom. The van der Waals surface area contributed by atoms with Crippen molar-refractivity contribution in [1.29, 1.82) is 0 Å². The second-order valence-electron chi connectivity index (χ2n) is 6.64. The lowest BCUT2D eigenvalue weighted by Crippen LogP contribution is -2.50. The Morgan fingerprint density at radius 3 is 2.50 bits per heavy atom. The SMILES string of the molecule is CCCNC1CCN(C(C)CCC(C)C)CC1C. The van der Waals surface area contributed by atoms with Gasteiger partial charge in [0.15, 0.2) is 0 Å². The van der Waals surface area contributed by atoms with E-state index < -0.39 is 0 Å². The Morgan fingerprint density at radius 2 is 1.94 bits per heavy atom. The summed E-state index contributed by atoms with van der Waals surface area (Å²) in [5.74, 6) is 1.64. The quantitative estimate of drug-likeness (QED) is 0.748. The predicted molar refractivity (Wildman–Crippen MR) is 81.0 cm³/mol. The van der Waals surface area contributed by atoms with E-state index in [0.29, 0.717) is 0 Å². The molecule has 0 spiro atoms. The van der Waals surface area contributed by atoms with Crippen molar-refractivity contribution in [1.82, 2.24) is 10.2 Å². The van der Waals surface area contributed by atoms with Gasteiger partial charge in [-0.1, -0.05) is 27.7 Å². The summed E-state index contributed by atoms with van der Waals surface area (Å²) in [5, 5.41) is 3.70. The van der Waals surface area contributed by atoms with Crippen molar-refractivity contribution < 1.29 is 0 Å². The van der Waals surface area contributed by atoms with Gasteiger partial charge in [0.25, 0.3) is 0 Å². The molecule has 0 aromatic rings. The molecule has 3 atom stereocenters. The van der Waals surface area contributed by atoms with E-state index in [1.807, 2.05) is 0 Å². The topological polar surface area (TPSA) is 15.3 Å². The molecule has 0 aromatic carbocycles. The first-order chi connectivity index (χ1) is 8.54. The zero-order valence-electron chi connectivity index (χ0n) is 13.2. The minimum absolute atomic E-state index is 0.749. The zero-order chi connectivity index (χ0) is 13.5. The number of hydrogen-bond acceptors (Lipinski definition) is 2. The predicted octanol–water partition coefficient (Wildman–Crippen LogP) is 3.52. The van der Waals surface area contributed by atoms with Crippen LogP contribution >= 0.6 is 0 Å².